The molecule has 1 spiro atoms. The fourth-order valence-electron chi connectivity index (χ4n) is 4.21. The Morgan fingerprint density at radius 3 is 2.76 bits per heavy atom. The van der Waals surface area contributed by atoms with Gasteiger partial charge in [0.05, 0.1) is 17.9 Å². The molecule has 6 heteroatoms. The summed E-state index contributed by atoms with van der Waals surface area (Å²) in [5.74, 6) is 0.921. The molecule has 1 aliphatic carbocycles. The third kappa shape index (κ3) is 2.32. The summed E-state index contributed by atoms with van der Waals surface area (Å²) in [4.78, 5) is 23.5. The number of carbonyl (C=O) groups excluding carboxylic acids is 1. The summed E-state index contributed by atoms with van der Waals surface area (Å²) in [5.41, 5.74) is 0.140. The predicted molar refractivity (Wildman–Crippen MR) is 88.5 cm³/mol. The van der Waals surface area contributed by atoms with Gasteiger partial charge in [0.15, 0.2) is 5.60 Å². The van der Waals surface area contributed by atoms with Crippen molar-refractivity contribution in [2.75, 3.05) is 0 Å². The first-order valence-electron chi connectivity index (χ1n) is 8.73. The molecule has 2 saturated heterocycles. The number of fused-ring (bicyclic) bond motifs is 1. The first-order chi connectivity index (χ1) is 12.3. The maximum Gasteiger partial charge on any atom is 0.257 e. The fourth-order valence-corrected chi connectivity index (χ4v) is 4.21. The Morgan fingerprint density at radius 1 is 1.16 bits per heavy atom. The van der Waals surface area contributed by atoms with Crippen LogP contribution in [0.5, 0.6) is 5.75 Å². The molecule has 3 fully saturated rings. The molecule has 2 aromatic rings. The van der Waals surface area contributed by atoms with Crippen molar-refractivity contribution in [1.29, 1.82) is 0 Å². The van der Waals surface area contributed by atoms with Crippen LogP contribution >= 0.6 is 0 Å². The molecule has 128 valence electrons. The molecule has 5 rings (SSSR count). The zero-order chi connectivity index (χ0) is 16.9. The average molecular weight is 337 g/mol. The van der Waals surface area contributed by atoms with E-state index in [0.717, 1.165) is 24.3 Å². The lowest BCUT2D eigenvalue weighted by atomic mass is 9.76. The average Bonchev–Trinajstić information content (AvgIpc) is 3.15. The van der Waals surface area contributed by atoms with Crippen LogP contribution in [0.4, 0.5) is 0 Å². The first kappa shape index (κ1) is 14.8. The van der Waals surface area contributed by atoms with E-state index in [0.29, 0.717) is 12.8 Å². The van der Waals surface area contributed by atoms with E-state index in [4.69, 9.17) is 9.47 Å². The van der Waals surface area contributed by atoms with Gasteiger partial charge in [-0.05, 0) is 25.0 Å². The largest absolute Gasteiger partial charge is 0.490 e. The second kappa shape index (κ2) is 5.52. The summed E-state index contributed by atoms with van der Waals surface area (Å²) in [6, 6.07) is 9.69. The SMILES string of the molecule is O=C1N2[C@@H](CC[C@H]2c2cnccn2)OC12CC(Oc1ccccc1)C2. The number of benzene rings is 1. The van der Waals surface area contributed by atoms with Crippen LogP contribution in [0.3, 0.4) is 0 Å². The molecular weight excluding hydrogens is 318 g/mol. The van der Waals surface area contributed by atoms with E-state index in [9.17, 15) is 4.79 Å². The van der Waals surface area contributed by atoms with Gasteiger partial charge in [0.25, 0.3) is 5.91 Å². The summed E-state index contributed by atoms with van der Waals surface area (Å²) in [6.45, 7) is 0. The minimum absolute atomic E-state index is 0.0281. The summed E-state index contributed by atoms with van der Waals surface area (Å²) in [7, 11) is 0. The maximum absolute atomic E-state index is 13.1. The Balaban J connectivity index is 1.30. The maximum atomic E-state index is 13.1. The Bertz CT molecular complexity index is 777. The van der Waals surface area contributed by atoms with Crippen LogP contribution in [0.25, 0.3) is 0 Å². The minimum atomic E-state index is -0.703. The third-order valence-corrected chi connectivity index (χ3v) is 5.40. The number of hydrogen-bond donors (Lipinski definition) is 0. The van der Waals surface area contributed by atoms with E-state index >= 15 is 0 Å². The van der Waals surface area contributed by atoms with Gasteiger partial charge in [0.2, 0.25) is 0 Å². The van der Waals surface area contributed by atoms with Gasteiger partial charge >= 0.3 is 0 Å². The highest BCUT2D eigenvalue weighted by atomic mass is 16.6. The standard InChI is InChI=1S/C19H19N3O3/c23-18-19(10-14(11-19)24-13-4-2-1-3-5-13)25-17-7-6-16(22(17)18)15-12-20-8-9-21-15/h1-5,8-9,12,14,16-17H,6-7,10-11H2/t14?,16-,17+,19?/m0/s1. The predicted octanol–water partition coefficient (Wildman–Crippen LogP) is 2.48. The van der Waals surface area contributed by atoms with Crippen LogP contribution in [0.2, 0.25) is 0 Å². The molecule has 1 saturated carbocycles. The molecule has 1 aromatic carbocycles. The van der Waals surface area contributed by atoms with Gasteiger partial charge in [-0.25, -0.2) is 0 Å². The molecule has 2 aliphatic heterocycles. The molecule has 0 bridgehead atoms. The van der Waals surface area contributed by atoms with Gasteiger partial charge in [-0.15, -0.1) is 0 Å². The summed E-state index contributed by atoms with van der Waals surface area (Å²) >= 11 is 0. The van der Waals surface area contributed by atoms with Crippen molar-refractivity contribution in [2.24, 2.45) is 0 Å². The van der Waals surface area contributed by atoms with Crippen molar-refractivity contribution in [2.45, 2.75) is 49.7 Å². The molecule has 2 atom stereocenters. The second-order valence-electron chi connectivity index (χ2n) is 6.96. The Morgan fingerprint density at radius 2 is 2.00 bits per heavy atom. The quantitative estimate of drug-likeness (QED) is 0.861. The highest BCUT2D eigenvalue weighted by Gasteiger charge is 2.63. The topological polar surface area (TPSA) is 64.6 Å². The fraction of sp³-hybridized carbons (Fsp3) is 0.421. The Labute approximate surface area is 145 Å². The van der Waals surface area contributed by atoms with Gasteiger partial charge in [0, 0.05) is 25.2 Å². The Kier molecular flexibility index (Phi) is 3.28. The van der Waals surface area contributed by atoms with Crippen molar-refractivity contribution >= 4 is 5.91 Å². The molecule has 0 radical (unpaired) electrons. The van der Waals surface area contributed by atoms with Crippen molar-refractivity contribution in [1.82, 2.24) is 14.9 Å². The van der Waals surface area contributed by atoms with Crippen molar-refractivity contribution in [3.05, 3.63) is 54.6 Å². The monoisotopic (exact) mass is 337 g/mol. The Hall–Kier alpha value is -2.47. The normalized spacial score (nSPS) is 33.4. The summed E-state index contributed by atoms with van der Waals surface area (Å²) in [6.07, 6.45) is 7.89. The number of nitrogens with zero attached hydrogens (tertiary/aromatic N) is 3. The van der Waals surface area contributed by atoms with E-state index in [2.05, 4.69) is 9.97 Å². The number of para-hydroxylation sites is 1. The summed E-state index contributed by atoms with van der Waals surface area (Å²) in [5, 5.41) is 0. The van der Waals surface area contributed by atoms with E-state index < -0.39 is 5.60 Å². The van der Waals surface area contributed by atoms with Crippen LogP contribution in [-0.4, -0.2) is 38.7 Å². The van der Waals surface area contributed by atoms with Gasteiger partial charge in [-0.2, -0.15) is 0 Å². The number of aromatic nitrogens is 2. The molecule has 3 heterocycles. The summed E-state index contributed by atoms with van der Waals surface area (Å²) < 4.78 is 12.1. The van der Waals surface area contributed by atoms with Crippen molar-refractivity contribution in [3.8, 4) is 5.75 Å². The van der Waals surface area contributed by atoms with E-state index in [1.165, 1.54) is 0 Å². The number of amides is 1. The van der Waals surface area contributed by atoms with Crippen LogP contribution in [0, 0.1) is 0 Å². The van der Waals surface area contributed by atoms with Crippen LogP contribution in [0.15, 0.2) is 48.9 Å². The lowest BCUT2D eigenvalue weighted by Crippen LogP contribution is -2.56. The molecule has 6 nitrogen and oxygen atoms in total. The van der Waals surface area contributed by atoms with Gasteiger partial charge in [-0.1, -0.05) is 18.2 Å². The van der Waals surface area contributed by atoms with Crippen LogP contribution in [-0.2, 0) is 9.53 Å². The molecule has 1 amide bonds. The molecule has 25 heavy (non-hydrogen) atoms. The molecule has 0 N–H and O–H groups in total. The molecule has 1 aromatic heterocycles. The highest BCUT2D eigenvalue weighted by molar-refractivity contribution is 5.89. The van der Waals surface area contributed by atoms with Crippen LogP contribution in [0.1, 0.15) is 37.4 Å². The van der Waals surface area contributed by atoms with Gasteiger partial charge in [0.1, 0.15) is 18.1 Å². The lowest BCUT2D eigenvalue weighted by Gasteiger charge is -2.42. The molecule has 0 unspecified atom stereocenters. The zero-order valence-corrected chi connectivity index (χ0v) is 13.7. The molecular formula is C19H19N3O3. The zero-order valence-electron chi connectivity index (χ0n) is 13.7. The minimum Gasteiger partial charge on any atom is -0.490 e. The van der Waals surface area contributed by atoms with Gasteiger partial charge < -0.3 is 14.4 Å². The number of carbonyl (C=O) groups is 1. The first-order valence-corrected chi connectivity index (χ1v) is 8.73. The molecule has 3 aliphatic rings. The highest BCUT2D eigenvalue weighted by Crippen LogP contribution is 2.51. The van der Waals surface area contributed by atoms with E-state index in [-0.39, 0.29) is 24.3 Å². The smallest absolute Gasteiger partial charge is 0.257 e. The third-order valence-electron chi connectivity index (χ3n) is 5.40. The van der Waals surface area contributed by atoms with Gasteiger partial charge in [-0.3, -0.25) is 14.8 Å². The van der Waals surface area contributed by atoms with Crippen molar-refractivity contribution < 1.29 is 14.3 Å². The lowest BCUT2D eigenvalue weighted by molar-refractivity contribution is -0.162. The number of hydrogen-bond acceptors (Lipinski definition) is 5. The van der Waals surface area contributed by atoms with E-state index in [1.54, 1.807) is 18.6 Å². The van der Waals surface area contributed by atoms with E-state index in [1.807, 2.05) is 35.2 Å². The number of rotatable bonds is 3. The number of ether oxygens (including phenoxy) is 2. The van der Waals surface area contributed by atoms with Crippen LogP contribution < -0.4 is 4.74 Å². The second-order valence-corrected chi connectivity index (χ2v) is 6.96. The van der Waals surface area contributed by atoms with Crippen molar-refractivity contribution in [3.63, 3.8) is 0 Å².